The molecule has 0 aromatic heterocycles. The van der Waals surface area contributed by atoms with Crippen molar-refractivity contribution in [3.8, 4) is 6.07 Å². The molecule has 0 spiro atoms. The van der Waals surface area contributed by atoms with Crippen LogP contribution in [0.2, 0.25) is 0 Å². The Morgan fingerprint density at radius 3 is 2.80 bits per heavy atom. The molecule has 1 aromatic carbocycles. The average Bonchev–Trinajstić information content (AvgIpc) is 2.17. The first-order valence-corrected chi connectivity index (χ1v) is 4.52. The molecule has 4 heteroatoms. The van der Waals surface area contributed by atoms with Crippen molar-refractivity contribution in [3.05, 3.63) is 34.9 Å². The summed E-state index contributed by atoms with van der Waals surface area (Å²) in [5.74, 6) is 0. The highest BCUT2D eigenvalue weighted by molar-refractivity contribution is 5.65. The lowest BCUT2D eigenvalue weighted by Gasteiger charge is -2.14. The summed E-state index contributed by atoms with van der Waals surface area (Å²) in [4.78, 5) is 10.6. The van der Waals surface area contributed by atoms with Gasteiger partial charge in [0.05, 0.1) is 11.6 Å². The smallest absolute Gasteiger partial charge is 0.405 e. The second kappa shape index (κ2) is 4.47. The monoisotopic (exact) mass is 204 g/mol. The first kappa shape index (κ1) is 11.1. The molecule has 15 heavy (non-hydrogen) atoms. The van der Waals surface area contributed by atoms with Gasteiger partial charge in [0.2, 0.25) is 0 Å². The van der Waals surface area contributed by atoms with E-state index in [-0.39, 0.29) is 0 Å². The van der Waals surface area contributed by atoms with Crippen LogP contribution in [0.3, 0.4) is 0 Å². The van der Waals surface area contributed by atoms with Gasteiger partial charge in [0.1, 0.15) is 6.10 Å². The summed E-state index contributed by atoms with van der Waals surface area (Å²) in [5.41, 5.74) is 7.11. The molecule has 0 aliphatic heterocycles. The topological polar surface area (TPSA) is 76.1 Å². The van der Waals surface area contributed by atoms with Crippen LogP contribution in [-0.4, -0.2) is 6.09 Å². The maximum absolute atomic E-state index is 10.6. The molecule has 0 bridgehead atoms. The molecule has 0 unspecified atom stereocenters. The Kier molecular flexibility index (Phi) is 3.29. The highest BCUT2D eigenvalue weighted by Crippen LogP contribution is 2.22. The Balaban J connectivity index is 3.05. The van der Waals surface area contributed by atoms with E-state index >= 15 is 0 Å². The van der Waals surface area contributed by atoms with Crippen LogP contribution in [0.1, 0.15) is 29.7 Å². The SMILES string of the molecule is Cc1c(C#N)cccc1[C@@H](C)OC(N)=O. The Morgan fingerprint density at radius 1 is 1.60 bits per heavy atom. The Bertz CT molecular complexity index is 421. The molecule has 1 rings (SSSR count). The quantitative estimate of drug-likeness (QED) is 0.800. The van der Waals surface area contributed by atoms with E-state index in [2.05, 4.69) is 6.07 Å². The highest BCUT2D eigenvalue weighted by atomic mass is 16.6. The minimum absolute atomic E-state index is 0.434. The minimum atomic E-state index is -0.815. The molecular weight excluding hydrogens is 192 g/mol. The number of carbonyl (C=O) groups is 1. The molecule has 1 atom stereocenters. The van der Waals surface area contributed by atoms with Crippen LogP contribution in [0.5, 0.6) is 0 Å². The third-order valence-electron chi connectivity index (χ3n) is 2.23. The number of carbonyl (C=O) groups excluding carboxylic acids is 1. The van der Waals surface area contributed by atoms with Gasteiger partial charge >= 0.3 is 6.09 Å². The van der Waals surface area contributed by atoms with Crippen molar-refractivity contribution >= 4 is 6.09 Å². The fourth-order valence-electron chi connectivity index (χ4n) is 1.45. The van der Waals surface area contributed by atoms with E-state index in [0.717, 1.165) is 11.1 Å². The van der Waals surface area contributed by atoms with E-state index in [1.165, 1.54) is 0 Å². The first-order valence-electron chi connectivity index (χ1n) is 4.52. The van der Waals surface area contributed by atoms with Gasteiger partial charge in [0, 0.05) is 0 Å². The van der Waals surface area contributed by atoms with Gasteiger partial charge in [-0.1, -0.05) is 12.1 Å². The van der Waals surface area contributed by atoms with E-state index in [9.17, 15) is 4.79 Å². The molecule has 0 aliphatic carbocycles. The molecule has 1 aromatic rings. The van der Waals surface area contributed by atoms with E-state index in [1.54, 1.807) is 19.1 Å². The molecule has 4 nitrogen and oxygen atoms in total. The fraction of sp³-hybridized carbons (Fsp3) is 0.273. The van der Waals surface area contributed by atoms with Crippen LogP contribution < -0.4 is 5.73 Å². The summed E-state index contributed by atoms with van der Waals surface area (Å²) in [7, 11) is 0. The Labute approximate surface area is 88.3 Å². The number of primary amides is 1. The summed E-state index contributed by atoms with van der Waals surface area (Å²) in [6, 6.07) is 7.35. The van der Waals surface area contributed by atoms with Gasteiger partial charge in [-0.05, 0) is 31.0 Å². The molecule has 0 saturated heterocycles. The summed E-state index contributed by atoms with van der Waals surface area (Å²) >= 11 is 0. The van der Waals surface area contributed by atoms with Crippen LogP contribution in [0.15, 0.2) is 18.2 Å². The maximum Gasteiger partial charge on any atom is 0.405 e. The molecule has 78 valence electrons. The lowest BCUT2D eigenvalue weighted by molar-refractivity contribution is 0.116. The summed E-state index contributed by atoms with van der Waals surface area (Å²) in [6.07, 6.45) is -1.25. The zero-order valence-electron chi connectivity index (χ0n) is 8.65. The largest absolute Gasteiger partial charge is 0.442 e. The van der Waals surface area contributed by atoms with Crippen molar-refractivity contribution in [2.75, 3.05) is 0 Å². The standard InChI is InChI=1S/C11H12N2O2/c1-7-9(6-12)4-3-5-10(7)8(2)15-11(13)14/h3-5,8H,1-2H3,(H2,13,14)/t8-/m1/s1. The third kappa shape index (κ3) is 2.47. The van der Waals surface area contributed by atoms with Gasteiger partial charge in [-0.15, -0.1) is 0 Å². The lowest BCUT2D eigenvalue weighted by atomic mass is 10.00. The number of benzene rings is 1. The predicted molar refractivity (Wildman–Crippen MR) is 55.0 cm³/mol. The summed E-state index contributed by atoms with van der Waals surface area (Å²) in [6.45, 7) is 3.53. The number of nitrogens with two attached hydrogens (primary N) is 1. The van der Waals surface area contributed by atoms with E-state index in [0.29, 0.717) is 5.56 Å². The Hall–Kier alpha value is -2.02. The maximum atomic E-state index is 10.6. The van der Waals surface area contributed by atoms with Crippen LogP contribution in [0, 0.1) is 18.3 Å². The second-order valence-electron chi connectivity index (χ2n) is 3.21. The third-order valence-corrected chi connectivity index (χ3v) is 2.23. The number of hydrogen-bond acceptors (Lipinski definition) is 3. The summed E-state index contributed by atoms with van der Waals surface area (Å²) in [5, 5.41) is 8.82. The van der Waals surface area contributed by atoms with Crippen LogP contribution in [-0.2, 0) is 4.74 Å². The zero-order valence-corrected chi connectivity index (χ0v) is 8.65. The van der Waals surface area contributed by atoms with E-state index in [1.807, 2.05) is 13.0 Å². The molecule has 2 N–H and O–H groups in total. The number of amides is 1. The average molecular weight is 204 g/mol. The fourth-order valence-corrected chi connectivity index (χ4v) is 1.45. The molecule has 0 saturated carbocycles. The first-order chi connectivity index (χ1) is 7.06. The normalized spacial score (nSPS) is 11.5. The highest BCUT2D eigenvalue weighted by Gasteiger charge is 2.13. The van der Waals surface area contributed by atoms with Crippen molar-refractivity contribution in [2.24, 2.45) is 5.73 Å². The predicted octanol–water partition coefficient (Wildman–Crippen LogP) is 2.02. The second-order valence-corrected chi connectivity index (χ2v) is 3.21. The number of nitriles is 1. The zero-order chi connectivity index (χ0) is 11.4. The molecule has 0 radical (unpaired) electrons. The van der Waals surface area contributed by atoms with E-state index < -0.39 is 12.2 Å². The Morgan fingerprint density at radius 2 is 2.27 bits per heavy atom. The van der Waals surface area contributed by atoms with Gasteiger partial charge in [-0.2, -0.15) is 5.26 Å². The van der Waals surface area contributed by atoms with Crippen LogP contribution in [0.4, 0.5) is 4.79 Å². The number of rotatable bonds is 2. The van der Waals surface area contributed by atoms with Gasteiger partial charge in [0.25, 0.3) is 0 Å². The van der Waals surface area contributed by atoms with Crippen molar-refractivity contribution in [1.29, 1.82) is 5.26 Å². The van der Waals surface area contributed by atoms with Crippen molar-refractivity contribution < 1.29 is 9.53 Å². The number of ether oxygens (including phenoxy) is 1. The molecular formula is C11H12N2O2. The van der Waals surface area contributed by atoms with Gasteiger partial charge < -0.3 is 10.5 Å². The van der Waals surface area contributed by atoms with E-state index in [4.69, 9.17) is 15.7 Å². The number of nitrogens with zero attached hydrogens (tertiary/aromatic N) is 1. The van der Waals surface area contributed by atoms with Crippen molar-refractivity contribution in [3.63, 3.8) is 0 Å². The minimum Gasteiger partial charge on any atom is -0.442 e. The molecule has 0 aliphatic rings. The van der Waals surface area contributed by atoms with Gasteiger partial charge in [-0.3, -0.25) is 0 Å². The molecule has 0 heterocycles. The van der Waals surface area contributed by atoms with Crippen molar-refractivity contribution in [1.82, 2.24) is 0 Å². The van der Waals surface area contributed by atoms with Crippen molar-refractivity contribution in [2.45, 2.75) is 20.0 Å². The lowest BCUT2D eigenvalue weighted by Crippen LogP contribution is -2.16. The van der Waals surface area contributed by atoms with Crippen LogP contribution in [0.25, 0.3) is 0 Å². The molecule has 1 amide bonds. The number of hydrogen-bond donors (Lipinski definition) is 1. The van der Waals surface area contributed by atoms with Gasteiger partial charge in [-0.25, -0.2) is 4.79 Å². The van der Waals surface area contributed by atoms with Gasteiger partial charge in [0.15, 0.2) is 0 Å². The summed E-state index contributed by atoms with van der Waals surface area (Å²) < 4.78 is 4.85. The van der Waals surface area contributed by atoms with Crippen LogP contribution >= 0.6 is 0 Å². The molecule has 0 fully saturated rings.